The molecule has 0 heterocycles. The lowest BCUT2D eigenvalue weighted by Crippen LogP contribution is -2.10. The average Bonchev–Trinajstić information content (AvgIpc) is 2.32. The molecule has 0 saturated heterocycles. The lowest BCUT2D eigenvalue weighted by Gasteiger charge is -2.15. The molecule has 0 aliphatic heterocycles. The van der Waals surface area contributed by atoms with E-state index in [9.17, 15) is 4.79 Å². The van der Waals surface area contributed by atoms with E-state index in [-0.39, 0.29) is 5.91 Å². The third-order valence-electron chi connectivity index (χ3n) is 2.62. The van der Waals surface area contributed by atoms with Crippen LogP contribution in [0, 0.1) is 0 Å². The molecule has 0 aliphatic carbocycles. The normalized spacial score (nSPS) is 10.2. The topological polar surface area (TPSA) is 64.3 Å². The van der Waals surface area contributed by atoms with Crippen molar-refractivity contribution in [1.29, 1.82) is 0 Å². The van der Waals surface area contributed by atoms with Crippen LogP contribution >= 0.6 is 15.9 Å². The van der Waals surface area contributed by atoms with Crippen LogP contribution in [0.5, 0.6) is 5.75 Å². The Morgan fingerprint density at radius 2 is 2.17 bits per heavy atom. The predicted molar refractivity (Wildman–Crippen MR) is 77.0 cm³/mol. The van der Waals surface area contributed by atoms with Crippen molar-refractivity contribution in [2.75, 3.05) is 19.0 Å². The molecule has 0 unspecified atom stereocenters. The summed E-state index contributed by atoms with van der Waals surface area (Å²) in [5.74, 6) is 0.572. The summed E-state index contributed by atoms with van der Waals surface area (Å²) in [5.41, 5.74) is 7.30. The predicted octanol–water partition coefficient (Wildman–Crippen LogP) is 2.70. The first-order valence-electron chi connectivity index (χ1n) is 5.93. The number of carbonyl (C=O) groups is 1. The lowest BCUT2D eigenvalue weighted by atomic mass is 10.0. The van der Waals surface area contributed by atoms with Gasteiger partial charge < -0.3 is 15.8 Å². The molecule has 0 atom stereocenters. The van der Waals surface area contributed by atoms with Crippen LogP contribution in [0.15, 0.2) is 16.6 Å². The monoisotopic (exact) mass is 314 g/mol. The minimum atomic E-state index is -0.105. The van der Waals surface area contributed by atoms with Gasteiger partial charge in [0.15, 0.2) is 0 Å². The van der Waals surface area contributed by atoms with Gasteiger partial charge in [-0.3, -0.25) is 4.79 Å². The zero-order chi connectivity index (χ0) is 13.5. The average molecular weight is 315 g/mol. The molecule has 5 heteroatoms. The van der Waals surface area contributed by atoms with Crippen molar-refractivity contribution in [1.82, 2.24) is 0 Å². The van der Waals surface area contributed by atoms with Crippen LogP contribution in [0.4, 0.5) is 5.69 Å². The van der Waals surface area contributed by atoms with Gasteiger partial charge in [-0.1, -0.05) is 15.9 Å². The molecule has 18 heavy (non-hydrogen) atoms. The summed E-state index contributed by atoms with van der Waals surface area (Å²) in [5, 5.41) is 2.84. The molecule has 100 valence electrons. The van der Waals surface area contributed by atoms with E-state index < -0.39 is 0 Å². The van der Waals surface area contributed by atoms with Crippen LogP contribution in [0.3, 0.4) is 0 Å². The minimum Gasteiger partial charge on any atom is -0.495 e. The first-order valence-corrected chi connectivity index (χ1v) is 6.72. The summed E-state index contributed by atoms with van der Waals surface area (Å²) in [6.45, 7) is 2.17. The van der Waals surface area contributed by atoms with Gasteiger partial charge in [0, 0.05) is 11.4 Å². The number of rotatable bonds is 6. The standard InChI is InChI=1S/C13H19BrN2O2/c1-9(17)16-13-10(5-3-4-8-15)11(14)6-7-12(13)18-2/h6-7H,3-5,8,15H2,1-2H3,(H,16,17). The van der Waals surface area contributed by atoms with Crippen LogP contribution in [-0.4, -0.2) is 19.6 Å². The second-order valence-electron chi connectivity index (χ2n) is 4.03. The number of hydrogen-bond donors (Lipinski definition) is 2. The smallest absolute Gasteiger partial charge is 0.221 e. The Labute approximate surface area is 116 Å². The van der Waals surface area contributed by atoms with Gasteiger partial charge in [0.2, 0.25) is 5.91 Å². The van der Waals surface area contributed by atoms with Crippen molar-refractivity contribution in [2.45, 2.75) is 26.2 Å². The van der Waals surface area contributed by atoms with Gasteiger partial charge in [0.25, 0.3) is 0 Å². The number of nitrogens with one attached hydrogen (secondary N) is 1. The van der Waals surface area contributed by atoms with Crippen molar-refractivity contribution >= 4 is 27.5 Å². The number of nitrogens with two attached hydrogens (primary N) is 1. The molecule has 0 bridgehead atoms. The second kappa shape index (κ2) is 7.38. The van der Waals surface area contributed by atoms with Crippen LogP contribution in [-0.2, 0) is 11.2 Å². The highest BCUT2D eigenvalue weighted by Gasteiger charge is 2.13. The Bertz CT molecular complexity index is 422. The molecule has 0 saturated carbocycles. The highest BCUT2D eigenvalue weighted by molar-refractivity contribution is 9.10. The molecule has 1 rings (SSSR count). The van der Waals surface area contributed by atoms with E-state index in [4.69, 9.17) is 10.5 Å². The maximum atomic E-state index is 11.3. The van der Waals surface area contributed by atoms with E-state index in [1.54, 1.807) is 7.11 Å². The van der Waals surface area contributed by atoms with Gasteiger partial charge in [0.05, 0.1) is 12.8 Å². The van der Waals surface area contributed by atoms with Crippen molar-refractivity contribution in [3.63, 3.8) is 0 Å². The number of hydrogen-bond acceptors (Lipinski definition) is 3. The highest BCUT2D eigenvalue weighted by Crippen LogP contribution is 2.35. The van der Waals surface area contributed by atoms with Crippen molar-refractivity contribution in [2.24, 2.45) is 5.73 Å². The van der Waals surface area contributed by atoms with Crippen LogP contribution in [0.2, 0.25) is 0 Å². The summed E-state index contributed by atoms with van der Waals surface area (Å²) in [6.07, 6.45) is 2.79. The van der Waals surface area contributed by atoms with Crippen LogP contribution < -0.4 is 15.8 Å². The quantitative estimate of drug-likeness (QED) is 0.793. The largest absolute Gasteiger partial charge is 0.495 e. The fraction of sp³-hybridized carbons (Fsp3) is 0.462. The molecule has 1 aromatic rings. The zero-order valence-electron chi connectivity index (χ0n) is 10.8. The summed E-state index contributed by atoms with van der Waals surface area (Å²) < 4.78 is 6.26. The Balaban J connectivity index is 3.05. The molecular formula is C13H19BrN2O2. The lowest BCUT2D eigenvalue weighted by molar-refractivity contribution is -0.114. The molecule has 3 N–H and O–H groups in total. The number of halogens is 1. The first-order chi connectivity index (χ1) is 8.60. The molecule has 0 fully saturated rings. The van der Waals surface area contributed by atoms with Gasteiger partial charge in [-0.25, -0.2) is 0 Å². The van der Waals surface area contributed by atoms with E-state index in [1.807, 2.05) is 12.1 Å². The Kier molecular flexibility index (Phi) is 6.15. The first kappa shape index (κ1) is 15.0. The number of amides is 1. The third-order valence-corrected chi connectivity index (χ3v) is 3.36. The van der Waals surface area contributed by atoms with Gasteiger partial charge in [-0.2, -0.15) is 0 Å². The SMILES string of the molecule is COc1ccc(Br)c(CCCCN)c1NC(C)=O. The van der Waals surface area contributed by atoms with Crippen molar-refractivity contribution in [3.05, 3.63) is 22.2 Å². The van der Waals surface area contributed by atoms with E-state index in [2.05, 4.69) is 21.2 Å². The number of unbranched alkanes of at least 4 members (excludes halogenated alkanes) is 1. The molecule has 0 aromatic heterocycles. The van der Waals surface area contributed by atoms with E-state index in [1.165, 1.54) is 6.92 Å². The Morgan fingerprint density at radius 3 is 2.72 bits per heavy atom. The maximum Gasteiger partial charge on any atom is 0.221 e. The summed E-state index contributed by atoms with van der Waals surface area (Å²) in [6, 6.07) is 3.77. The number of ether oxygens (including phenoxy) is 1. The van der Waals surface area contributed by atoms with E-state index in [0.29, 0.717) is 12.3 Å². The maximum absolute atomic E-state index is 11.3. The van der Waals surface area contributed by atoms with Gasteiger partial charge in [-0.05, 0) is 43.5 Å². The van der Waals surface area contributed by atoms with Crippen molar-refractivity contribution < 1.29 is 9.53 Å². The van der Waals surface area contributed by atoms with Gasteiger partial charge in [0.1, 0.15) is 5.75 Å². The fourth-order valence-electron chi connectivity index (χ4n) is 1.77. The zero-order valence-corrected chi connectivity index (χ0v) is 12.3. The molecule has 0 aliphatic rings. The minimum absolute atomic E-state index is 0.105. The number of anilines is 1. The third kappa shape index (κ3) is 3.99. The highest BCUT2D eigenvalue weighted by atomic mass is 79.9. The van der Waals surface area contributed by atoms with Gasteiger partial charge in [-0.15, -0.1) is 0 Å². The summed E-state index contributed by atoms with van der Waals surface area (Å²) in [7, 11) is 1.60. The molecule has 4 nitrogen and oxygen atoms in total. The molecule has 0 spiro atoms. The Morgan fingerprint density at radius 1 is 1.44 bits per heavy atom. The summed E-state index contributed by atoms with van der Waals surface area (Å²) >= 11 is 3.51. The molecule has 1 amide bonds. The van der Waals surface area contributed by atoms with Crippen molar-refractivity contribution in [3.8, 4) is 5.75 Å². The number of methoxy groups -OCH3 is 1. The Hall–Kier alpha value is -1.07. The number of carbonyl (C=O) groups excluding carboxylic acids is 1. The molecular weight excluding hydrogens is 296 g/mol. The van der Waals surface area contributed by atoms with Crippen LogP contribution in [0.1, 0.15) is 25.3 Å². The van der Waals surface area contributed by atoms with Crippen LogP contribution in [0.25, 0.3) is 0 Å². The summed E-state index contributed by atoms with van der Waals surface area (Å²) in [4.78, 5) is 11.3. The second-order valence-corrected chi connectivity index (χ2v) is 4.88. The van der Waals surface area contributed by atoms with E-state index in [0.717, 1.165) is 35.0 Å². The fourth-order valence-corrected chi connectivity index (χ4v) is 2.30. The van der Waals surface area contributed by atoms with E-state index >= 15 is 0 Å². The molecule has 0 radical (unpaired) electrons. The van der Waals surface area contributed by atoms with Gasteiger partial charge >= 0.3 is 0 Å². The number of benzene rings is 1. The molecule has 1 aromatic carbocycles.